The lowest BCUT2D eigenvalue weighted by Crippen LogP contribution is -2.23. The summed E-state index contributed by atoms with van der Waals surface area (Å²) in [5.74, 6) is -0.222. The fourth-order valence-electron chi connectivity index (χ4n) is 2.12. The van der Waals surface area contributed by atoms with Crippen LogP contribution in [0.15, 0.2) is 42.5 Å². The average molecular weight is 358 g/mol. The van der Waals surface area contributed by atoms with Gasteiger partial charge in [0.05, 0.1) is 18.7 Å². The van der Waals surface area contributed by atoms with E-state index in [1.54, 1.807) is 48.5 Å². The Morgan fingerprint density at radius 1 is 1.20 bits per heavy atom. The second-order valence-electron chi connectivity index (χ2n) is 5.11. The summed E-state index contributed by atoms with van der Waals surface area (Å²) in [5, 5.41) is 14.3. The van der Waals surface area contributed by atoms with Crippen molar-refractivity contribution < 1.29 is 14.3 Å². The molecule has 2 N–H and O–H groups in total. The molecule has 0 aromatic heterocycles. The van der Waals surface area contributed by atoms with Crippen molar-refractivity contribution in [3.63, 3.8) is 0 Å². The number of nitrogens with zero attached hydrogens (tertiary/aromatic N) is 1. The minimum absolute atomic E-state index is 0.195. The molecule has 0 aliphatic heterocycles. The van der Waals surface area contributed by atoms with Crippen LogP contribution in [0.2, 0.25) is 5.02 Å². The number of methoxy groups -OCH3 is 1. The SMILES string of the molecule is COc1ccc(Cl)cc1C(=O)NCc1ccc(NC(=O)CC#N)cc1. The molecule has 0 spiro atoms. The number of halogens is 1. The molecular weight excluding hydrogens is 342 g/mol. The van der Waals surface area contributed by atoms with Gasteiger partial charge in [-0.25, -0.2) is 0 Å². The van der Waals surface area contributed by atoms with Crippen LogP contribution in [0.25, 0.3) is 0 Å². The molecular formula is C18H16ClN3O3. The molecule has 0 atom stereocenters. The summed E-state index contributed by atoms with van der Waals surface area (Å²) >= 11 is 5.93. The summed E-state index contributed by atoms with van der Waals surface area (Å²) < 4.78 is 5.16. The van der Waals surface area contributed by atoms with E-state index in [0.717, 1.165) is 5.56 Å². The van der Waals surface area contributed by atoms with Gasteiger partial charge in [-0.3, -0.25) is 9.59 Å². The standard InChI is InChI=1S/C18H16ClN3O3/c1-25-16-7-4-13(19)10-15(16)18(24)21-11-12-2-5-14(6-3-12)22-17(23)8-9-20/h2-7,10H,8,11H2,1H3,(H,21,24)(H,22,23). The third-order valence-electron chi connectivity index (χ3n) is 3.34. The summed E-state index contributed by atoms with van der Waals surface area (Å²) in [6, 6.07) is 13.6. The number of anilines is 1. The van der Waals surface area contributed by atoms with Gasteiger partial charge in [-0.1, -0.05) is 23.7 Å². The lowest BCUT2D eigenvalue weighted by atomic mass is 10.1. The van der Waals surface area contributed by atoms with E-state index in [0.29, 0.717) is 28.6 Å². The molecule has 0 aliphatic rings. The van der Waals surface area contributed by atoms with Gasteiger partial charge in [0.2, 0.25) is 5.91 Å². The highest BCUT2D eigenvalue weighted by Crippen LogP contribution is 2.22. The Morgan fingerprint density at radius 3 is 2.56 bits per heavy atom. The van der Waals surface area contributed by atoms with Gasteiger partial charge in [0.1, 0.15) is 12.2 Å². The monoisotopic (exact) mass is 357 g/mol. The Balaban J connectivity index is 1.97. The van der Waals surface area contributed by atoms with Gasteiger partial charge in [0.15, 0.2) is 0 Å². The van der Waals surface area contributed by atoms with E-state index in [1.165, 1.54) is 7.11 Å². The van der Waals surface area contributed by atoms with Crippen LogP contribution < -0.4 is 15.4 Å². The number of carbonyl (C=O) groups excluding carboxylic acids is 2. The molecule has 6 nitrogen and oxygen atoms in total. The Bertz CT molecular complexity index is 813. The van der Waals surface area contributed by atoms with Gasteiger partial charge in [-0.2, -0.15) is 5.26 Å². The first-order valence-electron chi connectivity index (χ1n) is 7.41. The van der Waals surface area contributed by atoms with Crippen molar-refractivity contribution in [2.75, 3.05) is 12.4 Å². The number of rotatable bonds is 6. The van der Waals surface area contributed by atoms with Crippen LogP contribution >= 0.6 is 11.6 Å². The van der Waals surface area contributed by atoms with E-state index in [1.807, 2.05) is 0 Å². The molecule has 0 saturated carbocycles. The van der Waals surface area contributed by atoms with Gasteiger partial charge >= 0.3 is 0 Å². The molecule has 7 heteroatoms. The van der Waals surface area contributed by atoms with Crippen LogP contribution in [0.3, 0.4) is 0 Å². The van der Waals surface area contributed by atoms with Crippen LogP contribution in [-0.2, 0) is 11.3 Å². The van der Waals surface area contributed by atoms with Crippen molar-refractivity contribution in [3.05, 3.63) is 58.6 Å². The Labute approximate surface area is 150 Å². The Kier molecular flexibility index (Phi) is 6.38. The van der Waals surface area contributed by atoms with E-state index >= 15 is 0 Å². The zero-order valence-electron chi connectivity index (χ0n) is 13.5. The van der Waals surface area contributed by atoms with Crippen molar-refractivity contribution in [2.24, 2.45) is 0 Å². The molecule has 0 saturated heterocycles. The smallest absolute Gasteiger partial charge is 0.255 e. The molecule has 0 fully saturated rings. The summed E-state index contributed by atoms with van der Waals surface area (Å²) in [6.45, 7) is 0.306. The lowest BCUT2D eigenvalue weighted by molar-refractivity contribution is -0.115. The van der Waals surface area contributed by atoms with Crippen LogP contribution in [-0.4, -0.2) is 18.9 Å². The second kappa shape index (κ2) is 8.71. The maximum Gasteiger partial charge on any atom is 0.255 e. The number of nitriles is 1. The van der Waals surface area contributed by atoms with Crippen LogP contribution in [0.5, 0.6) is 5.75 Å². The van der Waals surface area contributed by atoms with Crippen LogP contribution in [0.1, 0.15) is 22.3 Å². The van der Waals surface area contributed by atoms with Crippen molar-refractivity contribution >= 4 is 29.1 Å². The number of nitrogens with one attached hydrogen (secondary N) is 2. The maximum atomic E-state index is 12.3. The number of benzene rings is 2. The van der Waals surface area contributed by atoms with Gasteiger partial charge < -0.3 is 15.4 Å². The summed E-state index contributed by atoms with van der Waals surface area (Å²) in [7, 11) is 1.49. The minimum atomic E-state index is -0.364. The molecule has 2 amide bonds. The Hall–Kier alpha value is -3.04. The topological polar surface area (TPSA) is 91.2 Å². The molecule has 0 aliphatic carbocycles. The molecule has 2 aromatic carbocycles. The van der Waals surface area contributed by atoms with Gasteiger partial charge in [0, 0.05) is 17.3 Å². The van der Waals surface area contributed by atoms with E-state index in [4.69, 9.17) is 21.6 Å². The van der Waals surface area contributed by atoms with Crippen molar-refractivity contribution in [1.82, 2.24) is 5.32 Å². The highest BCUT2D eigenvalue weighted by molar-refractivity contribution is 6.31. The number of amides is 2. The predicted molar refractivity (Wildman–Crippen MR) is 94.5 cm³/mol. The van der Waals surface area contributed by atoms with Crippen molar-refractivity contribution in [1.29, 1.82) is 5.26 Å². The van der Waals surface area contributed by atoms with Crippen molar-refractivity contribution in [2.45, 2.75) is 13.0 Å². The average Bonchev–Trinajstić information content (AvgIpc) is 2.61. The first-order chi connectivity index (χ1) is 12.0. The highest BCUT2D eigenvalue weighted by Gasteiger charge is 2.12. The van der Waals surface area contributed by atoms with Crippen LogP contribution in [0, 0.1) is 11.3 Å². The third-order valence-corrected chi connectivity index (χ3v) is 3.57. The molecule has 0 unspecified atom stereocenters. The molecule has 25 heavy (non-hydrogen) atoms. The molecule has 2 rings (SSSR count). The van der Waals surface area contributed by atoms with Gasteiger partial charge in [-0.15, -0.1) is 0 Å². The second-order valence-corrected chi connectivity index (χ2v) is 5.54. The van der Waals surface area contributed by atoms with Gasteiger partial charge in [0.25, 0.3) is 5.91 Å². The number of ether oxygens (including phenoxy) is 1. The third kappa shape index (κ3) is 5.23. The molecule has 2 aromatic rings. The van der Waals surface area contributed by atoms with E-state index in [-0.39, 0.29) is 18.2 Å². The zero-order valence-corrected chi connectivity index (χ0v) is 14.3. The summed E-state index contributed by atoms with van der Waals surface area (Å²) in [5.41, 5.74) is 1.80. The van der Waals surface area contributed by atoms with Gasteiger partial charge in [-0.05, 0) is 35.9 Å². The van der Waals surface area contributed by atoms with E-state index < -0.39 is 0 Å². The van der Waals surface area contributed by atoms with E-state index in [9.17, 15) is 9.59 Å². The predicted octanol–water partition coefficient (Wildman–Crippen LogP) is 3.13. The number of hydrogen-bond acceptors (Lipinski definition) is 4. The number of carbonyl (C=O) groups is 2. The molecule has 0 heterocycles. The first-order valence-corrected chi connectivity index (χ1v) is 7.78. The maximum absolute atomic E-state index is 12.3. The minimum Gasteiger partial charge on any atom is -0.496 e. The highest BCUT2D eigenvalue weighted by atomic mass is 35.5. The first kappa shape index (κ1) is 18.3. The normalized spacial score (nSPS) is 9.80. The molecule has 0 radical (unpaired) electrons. The largest absolute Gasteiger partial charge is 0.496 e. The Morgan fingerprint density at radius 2 is 1.92 bits per heavy atom. The quantitative estimate of drug-likeness (QED) is 0.830. The molecule has 128 valence electrons. The van der Waals surface area contributed by atoms with Crippen molar-refractivity contribution in [3.8, 4) is 11.8 Å². The summed E-state index contributed by atoms with van der Waals surface area (Å²) in [6.07, 6.45) is -0.195. The molecule has 0 bridgehead atoms. The fourth-order valence-corrected chi connectivity index (χ4v) is 2.29. The lowest BCUT2D eigenvalue weighted by Gasteiger charge is -2.10. The fraction of sp³-hybridized carbons (Fsp3) is 0.167. The zero-order chi connectivity index (χ0) is 18.2. The number of hydrogen-bond donors (Lipinski definition) is 2. The van der Waals surface area contributed by atoms with E-state index in [2.05, 4.69) is 10.6 Å². The van der Waals surface area contributed by atoms with Crippen LogP contribution in [0.4, 0.5) is 5.69 Å². The summed E-state index contributed by atoms with van der Waals surface area (Å²) in [4.78, 5) is 23.6.